The lowest BCUT2D eigenvalue weighted by Crippen LogP contribution is -2.60. The van der Waals surface area contributed by atoms with Crippen LogP contribution in [0.5, 0.6) is 0 Å². The highest BCUT2D eigenvalue weighted by Gasteiger charge is 2.44. The molecule has 1 saturated heterocycles. The van der Waals surface area contributed by atoms with Crippen molar-refractivity contribution in [3.63, 3.8) is 0 Å². The van der Waals surface area contributed by atoms with E-state index in [1.807, 2.05) is 6.08 Å². The van der Waals surface area contributed by atoms with E-state index in [1.165, 1.54) is 218 Å². The number of amides is 1. The molecule has 7 atom stereocenters. The van der Waals surface area contributed by atoms with Gasteiger partial charge in [0.25, 0.3) is 0 Å². The maximum atomic E-state index is 12.9. The SMILES string of the molecule is CCCCCC/C=C/C(O)C(COC1OC(CO)C(O)C(O)C1O)NC(=O)CCCCCCCCCCCCCCCCCCCCCCCCCCCCCCCCCCCCCC. The Morgan fingerprint density at radius 2 is 0.846 bits per heavy atom. The first-order chi connectivity index (χ1) is 31.8. The molecule has 0 radical (unpaired) electrons. The van der Waals surface area contributed by atoms with Gasteiger partial charge in [0.05, 0.1) is 25.4 Å². The van der Waals surface area contributed by atoms with Gasteiger partial charge in [0.1, 0.15) is 24.4 Å². The zero-order valence-electron chi connectivity index (χ0n) is 42.8. The highest BCUT2D eigenvalue weighted by Crippen LogP contribution is 2.23. The molecule has 1 aliphatic rings. The van der Waals surface area contributed by atoms with Gasteiger partial charge in [-0.05, 0) is 19.3 Å². The Bertz CT molecular complexity index is 1030. The summed E-state index contributed by atoms with van der Waals surface area (Å²) < 4.78 is 11.2. The van der Waals surface area contributed by atoms with Crippen LogP contribution in [0.2, 0.25) is 0 Å². The van der Waals surface area contributed by atoms with Gasteiger partial charge in [0.15, 0.2) is 6.29 Å². The molecule has 0 aliphatic carbocycles. The molecular weight excluding hydrogens is 815 g/mol. The van der Waals surface area contributed by atoms with Crippen LogP contribution in [-0.2, 0) is 14.3 Å². The summed E-state index contributed by atoms with van der Waals surface area (Å²) >= 11 is 0. The Morgan fingerprint density at radius 3 is 1.20 bits per heavy atom. The van der Waals surface area contributed by atoms with E-state index >= 15 is 0 Å². The van der Waals surface area contributed by atoms with Crippen molar-refractivity contribution in [2.45, 2.75) is 326 Å². The third kappa shape index (κ3) is 36.6. The van der Waals surface area contributed by atoms with Crippen LogP contribution < -0.4 is 5.32 Å². The number of nitrogens with one attached hydrogen (secondary N) is 1. The second-order valence-electron chi connectivity index (χ2n) is 20.1. The van der Waals surface area contributed by atoms with Crippen molar-refractivity contribution in [3.8, 4) is 0 Å². The lowest BCUT2D eigenvalue weighted by molar-refractivity contribution is -0.302. The van der Waals surface area contributed by atoms with Crippen molar-refractivity contribution in [2.24, 2.45) is 0 Å². The number of carbonyl (C=O) groups is 1. The standard InChI is InChI=1S/C56H109NO8/c1-3-5-7-9-11-12-13-14-15-16-17-18-19-20-21-22-23-24-25-26-27-28-29-30-31-32-33-34-35-36-37-38-39-40-42-44-46-52(60)57-49(50(59)45-43-41-10-8-6-4-2)48-64-56-55(63)54(62)53(61)51(47-58)65-56/h43,45,49-51,53-56,58-59,61-63H,3-42,44,46-48H2,1-2H3,(H,57,60)/b45-43+. The van der Waals surface area contributed by atoms with Crippen LogP contribution >= 0.6 is 0 Å². The molecule has 6 N–H and O–H groups in total. The molecule has 0 aromatic heterocycles. The van der Waals surface area contributed by atoms with E-state index in [2.05, 4.69) is 19.2 Å². The predicted molar refractivity (Wildman–Crippen MR) is 272 cm³/mol. The van der Waals surface area contributed by atoms with Crippen LogP contribution in [0.1, 0.15) is 284 Å². The quantitative estimate of drug-likeness (QED) is 0.0261. The van der Waals surface area contributed by atoms with Gasteiger partial charge in [-0.25, -0.2) is 0 Å². The Morgan fingerprint density at radius 1 is 0.508 bits per heavy atom. The zero-order chi connectivity index (χ0) is 47.3. The van der Waals surface area contributed by atoms with Gasteiger partial charge in [-0.3, -0.25) is 4.79 Å². The summed E-state index contributed by atoms with van der Waals surface area (Å²) in [6.07, 6.45) is 50.8. The minimum Gasteiger partial charge on any atom is -0.394 e. The molecule has 386 valence electrons. The summed E-state index contributed by atoms with van der Waals surface area (Å²) in [6, 6.07) is -0.797. The summed E-state index contributed by atoms with van der Waals surface area (Å²) in [5.74, 6) is -0.177. The van der Waals surface area contributed by atoms with E-state index in [-0.39, 0.29) is 12.5 Å². The van der Waals surface area contributed by atoms with E-state index in [4.69, 9.17) is 9.47 Å². The number of unbranched alkanes of at least 4 members (excludes halogenated alkanes) is 39. The van der Waals surface area contributed by atoms with Crippen LogP contribution in [-0.4, -0.2) is 87.5 Å². The molecule has 65 heavy (non-hydrogen) atoms. The zero-order valence-corrected chi connectivity index (χ0v) is 42.8. The topological polar surface area (TPSA) is 149 Å². The summed E-state index contributed by atoms with van der Waals surface area (Å²) in [5, 5.41) is 53.9. The Hall–Kier alpha value is -1.07. The van der Waals surface area contributed by atoms with Gasteiger partial charge in [0.2, 0.25) is 5.91 Å². The monoisotopic (exact) mass is 924 g/mol. The number of aliphatic hydroxyl groups is 5. The number of allylic oxidation sites excluding steroid dienone is 1. The molecule has 9 nitrogen and oxygen atoms in total. The van der Waals surface area contributed by atoms with E-state index in [1.54, 1.807) is 6.08 Å². The van der Waals surface area contributed by atoms with Crippen LogP contribution in [0.4, 0.5) is 0 Å². The fraction of sp³-hybridized carbons (Fsp3) is 0.946. The largest absolute Gasteiger partial charge is 0.394 e. The molecule has 1 rings (SSSR count). The minimum absolute atomic E-state index is 0.177. The fourth-order valence-electron chi connectivity index (χ4n) is 9.34. The molecule has 1 fully saturated rings. The highest BCUT2D eigenvalue weighted by molar-refractivity contribution is 5.76. The molecule has 0 saturated carbocycles. The van der Waals surface area contributed by atoms with Crippen molar-refractivity contribution in [2.75, 3.05) is 13.2 Å². The van der Waals surface area contributed by atoms with E-state index in [9.17, 15) is 30.3 Å². The number of rotatable bonds is 49. The molecule has 1 amide bonds. The number of aliphatic hydroxyl groups excluding tert-OH is 5. The molecule has 1 heterocycles. The highest BCUT2D eigenvalue weighted by atomic mass is 16.7. The third-order valence-corrected chi connectivity index (χ3v) is 13.9. The van der Waals surface area contributed by atoms with E-state index in [0.717, 1.165) is 44.9 Å². The number of hydrogen-bond acceptors (Lipinski definition) is 8. The smallest absolute Gasteiger partial charge is 0.220 e. The summed E-state index contributed by atoms with van der Waals surface area (Å²) in [6.45, 7) is 3.71. The molecule has 7 unspecified atom stereocenters. The molecule has 0 bridgehead atoms. The van der Waals surface area contributed by atoms with Gasteiger partial charge in [-0.2, -0.15) is 0 Å². The lowest BCUT2D eigenvalue weighted by Gasteiger charge is -2.40. The third-order valence-electron chi connectivity index (χ3n) is 13.9. The van der Waals surface area contributed by atoms with Crippen molar-refractivity contribution < 1.29 is 39.8 Å². The average Bonchev–Trinajstić information content (AvgIpc) is 3.31. The van der Waals surface area contributed by atoms with E-state index in [0.29, 0.717) is 6.42 Å². The van der Waals surface area contributed by atoms with Crippen LogP contribution in [0.25, 0.3) is 0 Å². The molecule has 0 aromatic rings. The minimum atomic E-state index is -1.56. The average molecular weight is 924 g/mol. The lowest BCUT2D eigenvalue weighted by atomic mass is 9.99. The Balaban J connectivity index is 1.95. The van der Waals surface area contributed by atoms with E-state index < -0.39 is 49.5 Å². The van der Waals surface area contributed by atoms with Gasteiger partial charge in [-0.15, -0.1) is 0 Å². The summed E-state index contributed by atoms with van der Waals surface area (Å²) in [7, 11) is 0. The van der Waals surface area contributed by atoms with Crippen LogP contribution in [0.15, 0.2) is 12.2 Å². The van der Waals surface area contributed by atoms with Crippen molar-refractivity contribution in [3.05, 3.63) is 12.2 Å². The fourth-order valence-corrected chi connectivity index (χ4v) is 9.34. The Labute approximate surface area is 401 Å². The van der Waals surface area contributed by atoms with Gasteiger partial charge >= 0.3 is 0 Å². The maximum absolute atomic E-state index is 12.9. The number of ether oxygens (including phenoxy) is 2. The first-order valence-electron chi connectivity index (χ1n) is 28.4. The van der Waals surface area contributed by atoms with Gasteiger partial charge in [0, 0.05) is 6.42 Å². The number of hydrogen-bond donors (Lipinski definition) is 6. The predicted octanol–water partition coefficient (Wildman–Crippen LogP) is 13.6. The first-order valence-corrected chi connectivity index (χ1v) is 28.4. The summed E-state index contributed by atoms with van der Waals surface area (Å²) in [4.78, 5) is 12.9. The molecule has 0 aromatic carbocycles. The van der Waals surface area contributed by atoms with Gasteiger partial charge < -0.3 is 40.3 Å². The van der Waals surface area contributed by atoms with Crippen molar-refractivity contribution >= 4 is 5.91 Å². The molecular formula is C56H109NO8. The molecule has 0 spiro atoms. The number of carbonyl (C=O) groups excluding carboxylic acids is 1. The van der Waals surface area contributed by atoms with Crippen molar-refractivity contribution in [1.29, 1.82) is 0 Å². The molecule has 1 aliphatic heterocycles. The van der Waals surface area contributed by atoms with Crippen molar-refractivity contribution in [1.82, 2.24) is 5.32 Å². The van der Waals surface area contributed by atoms with Crippen LogP contribution in [0.3, 0.4) is 0 Å². The second-order valence-corrected chi connectivity index (χ2v) is 20.1. The maximum Gasteiger partial charge on any atom is 0.220 e. The second kappa shape index (κ2) is 46.6. The van der Waals surface area contributed by atoms with Crippen LogP contribution in [0, 0.1) is 0 Å². The first kappa shape index (κ1) is 61.9. The summed E-state index contributed by atoms with van der Waals surface area (Å²) in [5.41, 5.74) is 0. The van der Waals surface area contributed by atoms with Gasteiger partial charge in [-0.1, -0.05) is 270 Å². The molecule has 9 heteroatoms. The normalized spacial score (nSPS) is 19.9. The Kier molecular flexibility index (Phi) is 44.5.